The van der Waals surface area contributed by atoms with E-state index in [0.717, 1.165) is 12.4 Å². The van der Waals surface area contributed by atoms with Crippen molar-refractivity contribution in [3.05, 3.63) is 29.8 Å². The molecule has 1 heterocycles. The van der Waals surface area contributed by atoms with Gasteiger partial charge in [0, 0.05) is 16.3 Å². The molecule has 0 aromatic heterocycles. The van der Waals surface area contributed by atoms with Crippen molar-refractivity contribution >= 4 is 15.9 Å². The fourth-order valence-corrected chi connectivity index (χ4v) is 1.98. The lowest BCUT2D eigenvalue weighted by Crippen LogP contribution is -2.19. The summed E-state index contributed by atoms with van der Waals surface area (Å²) in [6.45, 7) is 3.00. The molecule has 1 aliphatic heterocycles. The first-order valence-corrected chi connectivity index (χ1v) is 5.06. The zero-order valence-corrected chi connectivity index (χ0v) is 8.54. The monoisotopic (exact) mass is 226 g/mol. The maximum absolute atomic E-state index is 5.58. The van der Waals surface area contributed by atoms with E-state index in [-0.39, 0.29) is 0 Å². The second-order valence-electron chi connectivity index (χ2n) is 3.23. The lowest BCUT2D eigenvalue weighted by molar-refractivity contribution is 0.233. The first kappa shape index (κ1) is 8.11. The maximum atomic E-state index is 5.58. The van der Waals surface area contributed by atoms with Crippen molar-refractivity contribution < 1.29 is 4.74 Å². The van der Waals surface area contributed by atoms with Crippen molar-refractivity contribution in [2.45, 2.75) is 11.8 Å². The van der Waals surface area contributed by atoms with Crippen molar-refractivity contribution in [3.8, 4) is 5.75 Å². The van der Waals surface area contributed by atoms with Crippen LogP contribution in [-0.2, 0) is 0 Å². The van der Waals surface area contributed by atoms with Crippen LogP contribution in [0, 0.1) is 5.92 Å². The van der Waals surface area contributed by atoms with Gasteiger partial charge in [-0.3, -0.25) is 0 Å². The minimum atomic E-state index is 0.447. The molecule has 2 atom stereocenters. The Kier molecular flexibility index (Phi) is 2.09. The molecular formula is C10H11BrO. The number of halogens is 1. The topological polar surface area (TPSA) is 9.23 Å². The standard InChI is InChI=1S/C10H11BrO/c1-7-6-12-9-5-3-2-4-8(9)10(7)11/h2-5,7,10H,6H2,1H3. The number of hydrogen-bond acceptors (Lipinski definition) is 1. The molecule has 0 amide bonds. The maximum Gasteiger partial charge on any atom is 0.123 e. The molecular weight excluding hydrogens is 216 g/mol. The summed E-state index contributed by atoms with van der Waals surface area (Å²) in [6, 6.07) is 8.20. The van der Waals surface area contributed by atoms with E-state index < -0.39 is 0 Å². The third-order valence-corrected chi connectivity index (χ3v) is 3.61. The van der Waals surface area contributed by atoms with E-state index in [1.54, 1.807) is 0 Å². The minimum Gasteiger partial charge on any atom is -0.493 e. The third-order valence-electron chi connectivity index (χ3n) is 2.22. The van der Waals surface area contributed by atoms with Crippen LogP contribution in [0.1, 0.15) is 17.3 Å². The van der Waals surface area contributed by atoms with Crippen molar-refractivity contribution in [1.29, 1.82) is 0 Å². The van der Waals surface area contributed by atoms with E-state index >= 15 is 0 Å². The minimum absolute atomic E-state index is 0.447. The molecule has 0 radical (unpaired) electrons. The molecule has 1 nitrogen and oxygen atoms in total. The number of fused-ring (bicyclic) bond motifs is 1. The van der Waals surface area contributed by atoms with Crippen LogP contribution >= 0.6 is 15.9 Å². The Bertz CT molecular complexity index is 285. The van der Waals surface area contributed by atoms with Crippen molar-refractivity contribution in [2.24, 2.45) is 5.92 Å². The van der Waals surface area contributed by atoms with E-state index in [4.69, 9.17) is 4.74 Å². The first-order valence-electron chi connectivity index (χ1n) is 4.15. The van der Waals surface area contributed by atoms with E-state index in [1.165, 1.54) is 5.56 Å². The molecule has 0 aliphatic carbocycles. The predicted molar refractivity (Wildman–Crippen MR) is 52.8 cm³/mol. The zero-order valence-electron chi connectivity index (χ0n) is 6.96. The van der Waals surface area contributed by atoms with Gasteiger partial charge in [-0.1, -0.05) is 41.1 Å². The average molecular weight is 227 g/mol. The predicted octanol–water partition coefficient (Wildman–Crippen LogP) is 3.15. The first-order chi connectivity index (χ1) is 5.79. The quantitative estimate of drug-likeness (QED) is 0.618. The van der Waals surface area contributed by atoms with Gasteiger partial charge in [0.1, 0.15) is 5.75 Å². The summed E-state index contributed by atoms with van der Waals surface area (Å²) in [6.07, 6.45) is 0. The molecule has 0 saturated carbocycles. The Morgan fingerprint density at radius 2 is 2.17 bits per heavy atom. The molecule has 2 heteroatoms. The highest BCUT2D eigenvalue weighted by atomic mass is 79.9. The SMILES string of the molecule is CC1COc2ccccc2C1Br. The van der Waals surface area contributed by atoms with Gasteiger partial charge in [-0.2, -0.15) is 0 Å². The van der Waals surface area contributed by atoms with E-state index in [9.17, 15) is 0 Å². The second-order valence-corrected chi connectivity index (χ2v) is 4.21. The van der Waals surface area contributed by atoms with Crippen LogP contribution in [0.3, 0.4) is 0 Å². The van der Waals surface area contributed by atoms with Gasteiger partial charge in [-0.15, -0.1) is 0 Å². The molecule has 2 unspecified atom stereocenters. The van der Waals surface area contributed by atoms with E-state index in [1.807, 2.05) is 12.1 Å². The van der Waals surface area contributed by atoms with Crippen molar-refractivity contribution in [1.82, 2.24) is 0 Å². The molecule has 0 N–H and O–H groups in total. The molecule has 1 aliphatic rings. The number of benzene rings is 1. The second kappa shape index (κ2) is 3.09. The molecule has 12 heavy (non-hydrogen) atoms. The molecule has 0 spiro atoms. The van der Waals surface area contributed by atoms with Crippen molar-refractivity contribution in [2.75, 3.05) is 6.61 Å². The summed E-state index contributed by atoms with van der Waals surface area (Å²) < 4.78 is 5.58. The van der Waals surface area contributed by atoms with Crippen LogP contribution in [0.5, 0.6) is 5.75 Å². The van der Waals surface area contributed by atoms with Crippen LogP contribution in [0.4, 0.5) is 0 Å². The molecule has 2 rings (SSSR count). The summed E-state index contributed by atoms with van der Waals surface area (Å²) in [7, 11) is 0. The van der Waals surface area contributed by atoms with Gasteiger partial charge in [-0.05, 0) is 6.07 Å². The molecule has 1 aromatic carbocycles. The Morgan fingerprint density at radius 3 is 3.00 bits per heavy atom. The number of ether oxygens (including phenoxy) is 1. The molecule has 1 aromatic rings. The van der Waals surface area contributed by atoms with Gasteiger partial charge in [0.05, 0.1) is 6.61 Å². The normalized spacial score (nSPS) is 27.5. The van der Waals surface area contributed by atoms with Crippen LogP contribution in [-0.4, -0.2) is 6.61 Å². The lowest BCUT2D eigenvalue weighted by atomic mass is 9.98. The highest BCUT2D eigenvalue weighted by Gasteiger charge is 2.24. The Hall–Kier alpha value is -0.500. The van der Waals surface area contributed by atoms with Gasteiger partial charge in [-0.25, -0.2) is 0 Å². The number of rotatable bonds is 0. The largest absolute Gasteiger partial charge is 0.493 e. The zero-order chi connectivity index (χ0) is 8.55. The smallest absolute Gasteiger partial charge is 0.123 e. The van der Waals surface area contributed by atoms with Crippen LogP contribution in [0.25, 0.3) is 0 Å². The highest BCUT2D eigenvalue weighted by Crippen LogP contribution is 2.40. The van der Waals surface area contributed by atoms with Crippen LogP contribution < -0.4 is 4.74 Å². The third kappa shape index (κ3) is 1.24. The van der Waals surface area contributed by atoms with E-state index in [2.05, 4.69) is 35.0 Å². The van der Waals surface area contributed by atoms with E-state index in [0.29, 0.717) is 10.7 Å². The Labute approximate surface area is 80.9 Å². The summed E-state index contributed by atoms with van der Waals surface area (Å²) in [5.74, 6) is 1.58. The molecule has 0 saturated heterocycles. The van der Waals surface area contributed by atoms with Gasteiger partial charge in [0.2, 0.25) is 0 Å². The fraction of sp³-hybridized carbons (Fsp3) is 0.400. The molecule has 0 fully saturated rings. The summed E-state index contributed by atoms with van der Waals surface area (Å²) in [5.41, 5.74) is 1.27. The molecule has 0 bridgehead atoms. The highest BCUT2D eigenvalue weighted by molar-refractivity contribution is 9.09. The Morgan fingerprint density at radius 1 is 1.42 bits per heavy atom. The lowest BCUT2D eigenvalue weighted by Gasteiger charge is -2.27. The van der Waals surface area contributed by atoms with Crippen LogP contribution in [0.15, 0.2) is 24.3 Å². The van der Waals surface area contributed by atoms with Gasteiger partial charge in [0.25, 0.3) is 0 Å². The summed E-state index contributed by atoms with van der Waals surface area (Å²) in [5, 5.41) is 0. The fourth-order valence-electron chi connectivity index (χ4n) is 1.45. The van der Waals surface area contributed by atoms with Crippen LogP contribution in [0.2, 0.25) is 0 Å². The number of alkyl halides is 1. The number of para-hydroxylation sites is 1. The molecule has 64 valence electrons. The average Bonchev–Trinajstić information content (AvgIpc) is 2.12. The van der Waals surface area contributed by atoms with Gasteiger partial charge in [0.15, 0.2) is 0 Å². The summed E-state index contributed by atoms with van der Waals surface area (Å²) in [4.78, 5) is 0.447. The van der Waals surface area contributed by atoms with Gasteiger partial charge < -0.3 is 4.74 Å². The summed E-state index contributed by atoms with van der Waals surface area (Å²) >= 11 is 3.67. The Balaban J connectivity index is 2.42. The number of hydrogen-bond donors (Lipinski definition) is 0. The van der Waals surface area contributed by atoms with Gasteiger partial charge >= 0.3 is 0 Å². The van der Waals surface area contributed by atoms with Crippen molar-refractivity contribution in [3.63, 3.8) is 0 Å².